The molecule has 50 heavy (non-hydrogen) atoms. The average Bonchev–Trinajstić information content (AvgIpc) is 3.11. The van der Waals surface area contributed by atoms with Gasteiger partial charge < -0.3 is 40.3 Å². The van der Waals surface area contributed by atoms with E-state index >= 15 is 0 Å². The van der Waals surface area contributed by atoms with Crippen molar-refractivity contribution in [3.63, 3.8) is 0 Å². The summed E-state index contributed by atoms with van der Waals surface area (Å²) in [4.78, 5) is 12.9. The Morgan fingerprint density at radius 2 is 1.00 bits per heavy atom. The number of hydrogen-bond acceptors (Lipinski definition) is 8. The maximum atomic E-state index is 12.9. The Bertz CT molecular complexity index is 756. The molecule has 1 amide bonds. The van der Waals surface area contributed by atoms with Crippen molar-refractivity contribution in [3.05, 3.63) is 0 Å². The lowest BCUT2D eigenvalue weighted by molar-refractivity contribution is -0.302. The highest BCUT2D eigenvalue weighted by Crippen LogP contribution is 2.23. The van der Waals surface area contributed by atoms with Gasteiger partial charge >= 0.3 is 0 Å². The molecular formula is C41H81NO8. The van der Waals surface area contributed by atoms with Gasteiger partial charge in [-0.1, -0.05) is 181 Å². The molecule has 0 aliphatic carbocycles. The van der Waals surface area contributed by atoms with Gasteiger partial charge in [-0.25, -0.2) is 0 Å². The minimum absolute atomic E-state index is 0.133. The Morgan fingerprint density at radius 1 is 0.600 bits per heavy atom. The normalized spacial score (nSPS) is 22.1. The first-order valence-corrected chi connectivity index (χ1v) is 21.2. The first-order chi connectivity index (χ1) is 24.3. The zero-order chi connectivity index (χ0) is 36.7. The van der Waals surface area contributed by atoms with Crippen LogP contribution in [0.3, 0.4) is 0 Å². The molecule has 6 N–H and O–H groups in total. The van der Waals surface area contributed by atoms with E-state index in [2.05, 4.69) is 19.2 Å². The summed E-state index contributed by atoms with van der Waals surface area (Å²) in [5.41, 5.74) is 0. The van der Waals surface area contributed by atoms with E-state index in [1.807, 2.05) is 0 Å². The molecule has 0 bridgehead atoms. The molecule has 1 aliphatic heterocycles. The summed E-state index contributed by atoms with van der Waals surface area (Å²) in [6, 6.07) is -0.709. The number of ether oxygens (including phenoxy) is 2. The van der Waals surface area contributed by atoms with Crippen molar-refractivity contribution in [2.75, 3.05) is 13.2 Å². The first-order valence-electron chi connectivity index (χ1n) is 21.2. The molecule has 1 heterocycles. The largest absolute Gasteiger partial charge is 0.394 e. The maximum Gasteiger partial charge on any atom is 0.220 e. The van der Waals surface area contributed by atoms with Crippen molar-refractivity contribution in [1.82, 2.24) is 5.32 Å². The number of unbranched alkanes of at least 4 members (excludes halogenated alkanes) is 25. The van der Waals surface area contributed by atoms with Crippen molar-refractivity contribution in [3.8, 4) is 0 Å². The van der Waals surface area contributed by atoms with Gasteiger partial charge in [0.1, 0.15) is 24.4 Å². The lowest BCUT2D eigenvalue weighted by Crippen LogP contribution is -2.60. The summed E-state index contributed by atoms with van der Waals surface area (Å²) in [7, 11) is 0. The van der Waals surface area contributed by atoms with E-state index in [-0.39, 0.29) is 12.5 Å². The van der Waals surface area contributed by atoms with Gasteiger partial charge in [-0.2, -0.15) is 0 Å². The molecular weight excluding hydrogens is 634 g/mol. The molecule has 0 saturated carbocycles. The highest BCUT2D eigenvalue weighted by atomic mass is 16.7. The Kier molecular flexibility index (Phi) is 31.0. The summed E-state index contributed by atoms with van der Waals surface area (Å²) >= 11 is 0. The van der Waals surface area contributed by atoms with Crippen molar-refractivity contribution in [2.24, 2.45) is 0 Å². The molecule has 1 aliphatic rings. The van der Waals surface area contributed by atoms with Gasteiger partial charge in [-0.05, 0) is 12.8 Å². The van der Waals surface area contributed by atoms with E-state index < -0.39 is 49.5 Å². The van der Waals surface area contributed by atoms with Crippen LogP contribution in [0.15, 0.2) is 0 Å². The van der Waals surface area contributed by atoms with E-state index in [9.17, 15) is 30.3 Å². The molecule has 1 saturated heterocycles. The zero-order valence-corrected chi connectivity index (χ0v) is 32.4. The number of carbonyl (C=O) groups is 1. The molecule has 9 nitrogen and oxygen atoms in total. The van der Waals surface area contributed by atoms with Crippen LogP contribution < -0.4 is 5.32 Å². The molecule has 9 heteroatoms. The fourth-order valence-electron chi connectivity index (χ4n) is 6.98. The second-order valence-corrected chi connectivity index (χ2v) is 15.1. The molecule has 0 aromatic rings. The molecule has 1 rings (SSSR count). The Hall–Kier alpha value is -0.810. The van der Waals surface area contributed by atoms with Gasteiger partial charge in [0.25, 0.3) is 0 Å². The van der Waals surface area contributed by atoms with Crippen LogP contribution in [0.2, 0.25) is 0 Å². The molecule has 0 aromatic carbocycles. The Balaban J connectivity index is 2.32. The van der Waals surface area contributed by atoms with Crippen LogP contribution in [-0.2, 0) is 14.3 Å². The summed E-state index contributed by atoms with van der Waals surface area (Å²) < 4.78 is 11.2. The third-order valence-electron chi connectivity index (χ3n) is 10.5. The van der Waals surface area contributed by atoms with Gasteiger partial charge in [-0.15, -0.1) is 0 Å². The van der Waals surface area contributed by atoms with Gasteiger partial charge in [0.2, 0.25) is 5.91 Å². The smallest absolute Gasteiger partial charge is 0.220 e. The standard InChI is InChI=1S/C41H81NO8/c1-3-5-7-9-11-13-15-16-17-18-19-20-21-23-25-27-29-31-37(45)42-34(33-49-41-40(48)39(47)38(46)36(32-43)50-41)35(44)30-28-26-24-22-14-12-10-8-6-4-2/h34-36,38-41,43-44,46-48H,3-33H2,1-2H3,(H,42,45)/t34-,35+,36+,38+,39?,40?,41+/m0/s1. The third-order valence-corrected chi connectivity index (χ3v) is 10.5. The lowest BCUT2D eigenvalue weighted by atomic mass is 9.99. The molecule has 0 radical (unpaired) electrons. The van der Waals surface area contributed by atoms with Crippen molar-refractivity contribution in [1.29, 1.82) is 0 Å². The molecule has 0 aromatic heterocycles. The number of aliphatic hydroxyl groups is 5. The number of aliphatic hydroxyl groups excluding tert-OH is 5. The number of hydrogen-bond donors (Lipinski definition) is 6. The number of rotatable bonds is 35. The van der Waals surface area contributed by atoms with E-state index in [0.29, 0.717) is 12.8 Å². The Morgan fingerprint density at radius 3 is 1.42 bits per heavy atom. The third kappa shape index (κ3) is 23.7. The predicted octanol–water partition coefficient (Wildman–Crippen LogP) is 8.00. The van der Waals surface area contributed by atoms with Crippen LogP contribution in [-0.4, -0.2) is 87.5 Å². The van der Waals surface area contributed by atoms with Crippen LogP contribution in [0.4, 0.5) is 0 Å². The van der Waals surface area contributed by atoms with Crippen LogP contribution in [0, 0.1) is 0 Å². The minimum Gasteiger partial charge on any atom is -0.394 e. The SMILES string of the molecule is CCCCCCCCCCCCCCCCCCCC(=O)N[C@@H](CO[C@@H]1O[C@H](CO)[C@@H](O)C(O)C1O)[C@H](O)CCCCCCCCCCCC. The number of carbonyl (C=O) groups excluding carboxylic acids is 1. The summed E-state index contributed by atoms with van der Waals surface area (Å²) in [5.74, 6) is -0.143. The minimum atomic E-state index is -1.55. The van der Waals surface area contributed by atoms with E-state index in [0.717, 1.165) is 38.5 Å². The maximum absolute atomic E-state index is 12.9. The van der Waals surface area contributed by atoms with Gasteiger partial charge in [0, 0.05) is 6.42 Å². The van der Waals surface area contributed by atoms with Crippen molar-refractivity contribution in [2.45, 2.75) is 243 Å². The second-order valence-electron chi connectivity index (χ2n) is 15.1. The van der Waals surface area contributed by atoms with E-state index in [4.69, 9.17) is 9.47 Å². The molecule has 298 valence electrons. The van der Waals surface area contributed by atoms with Gasteiger partial charge in [-0.3, -0.25) is 4.79 Å². The highest BCUT2D eigenvalue weighted by molar-refractivity contribution is 5.76. The predicted molar refractivity (Wildman–Crippen MR) is 203 cm³/mol. The van der Waals surface area contributed by atoms with E-state index in [1.54, 1.807) is 0 Å². The molecule has 2 unspecified atom stereocenters. The quantitative estimate of drug-likeness (QED) is 0.0362. The highest BCUT2D eigenvalue weighted by Gasteiger charge is 2.44. The van der Waals surface area contributed by atoms with Crippen LogP contribution in [0.1, 0.15) is 200 Å². The topological polar surface area (TPSA) is 149 Å². The second kappa shape index (κ2) is 32.8. The van der Waals surface area contributed by atoms with Crippen molar-refractivity contribution >= 4 is 5.91 Å². The average molecular weight is 716 g/mol. The van der Waals surface area contributed by atoms with Gasteiger partial charge in [0.05, 0.1) is 25.4 Å². The monoisotopic (exact) mass is 716 g/mol. The van der Waals surface area contributed by atoms with Crippen LogP contribution >= 0.6 is 0 Å². The number of nitrogens with one attached hydrogen (secondary N) is 1. The molecule has 0 spiro atoms. The fourth-order valence-corrected chi connectivity index (χ4v) is 6.98. The van der Waals surface area contributed by atoms with E-state index in [1.165, 1.54) is 135 Å². The van der Waals surface area contributed by atoms with Crippen LogP contribution in [0.25, 0.3) is 0 Å². The first kappa shape index (κ1) is 47.2. The number of amides is 1. The Labute approximate surface area is 306 Å². The summed E-state index contributed by atoms with van der Waals surface area (Å²) in [6.07, 6.45) is 26.8. The summed E-state index contributed by atoms with van der Waals surface area (Å²) in [5, 5.41) is 54.1. The van der Waals surface area contributed by atoms with Crippen LogP contribution in [0.5, 0.6) is 0 Å². The summed E-state index contributed by atoms with van der Waals surface area (Å²) in [6.45, 7) is 3.82. The molecule has 1 fully saturated rings. The van der Waals surface area contributed by atoms with Crippen molar-refractivity contribution < 1.29 is 39.8 Å². The molecule has 7 atom stereocenters. The van der Waals surface area contributed by atoms with Gasteiger partial charge in [0.15, 0.2) is 6.29 Å². The lowest BCUT2D eigenvalue weighted by Gasteiger charge is -2.40. The fraction of sp³-hybridized carbons (Fsp3) is 0.976. The zero-order valence-electron chi connectivity index (χ0n) is 32.4.